The lowest BCUT2D eigenvalue weighted by molar-refractivity contribution is 0.102. The van der Waals surface area contributed by atoms with E-state index in [2.05, 4.69) is 0 Å². The van der Waals surface area contributed by atoms with E-state index in [1.54, 1.807) is 18.2 Å². The molecule has 19 heavy (non-hydrogen) atoms. The Morgan fingerprint density at radius 1 is 1.05 bits per heavy atom. The molecule has 0 unspecified atom stereocenters. The molecule has 0 heterocycles. The third-order valence-corrected chi connectivity index (χ3v) is 3.25. The number of hydrogen-bond donors (Lipinski definition) is 0. The normalized spacial score (nSPS) is 10.3. The Hall–Kier alpha value is -1.93. The molecule has 96 valence electrons. The van der Waals surface area contributed by atoms with Gasteiger partial charge in [0.15, 0.2) is 12.1 Å². The minimum Gasteiger partial charge on any atom is -0.298 e. The maximum absolute atomic E-state index is 12.5. The summed E-state index contributed by atoms with van der Waals surface area (Å²) in [6.07, 6.45) is 0.674. The average Bonchev–Trinajstić information content (AvgIpc) is 2.38. The molecule has 2 nitrogen and oxygen atoms in total. The summed E-state index contributed by atoms with van der Waals surface area (Å²) >= 11 is 5.90. The van der Waals surface area contributed by atoms with E-state index >= 15 is 0 Å². The molecule has 0 aliphatic rings. The molecule has 0 saturated carbocycles. The molecular formula is C16H13ClO2. The minimum absolute atomic E-state index is 0.179. The highest BCUT2D eigenvalue weighted by atomic mass is 35.5. The first-order valence-corrected chi connectivity index (χ1v) is 6.27. The van der Waals surface area contributed by atoms with Gasteiger partial charge in [-0.15, -0.1) is 0 Å². The summed E-state index contributed by atoms with van der Waals surface area (Å²) in [6.45, 7) is 3.85. The molecule has 0 radical (unpaired) electrons. The number of carbonyl (C=O) groups excluding carboxylic acids is 2. The number of ketones is 1. The lowest BCUT2D eigenvalue weighted by Gasteiger charge is -2.08. The van der Waals surface area contributed by atoms with E-state index in [0.717, 1.165) is 11.1 Å². The maximum atomic E-state index is 12.5. The van der Waals surface area contributed by atoms with Crippen LogP contribution in [-0.4, -0.2) is 12.1 Å². The van der Waals surface area contributed by atoms with Crippen LogP contribution in [0.1, 0.15) is 37.4 Å². The van der Waals surface area contributed by atoms with Gasteiger partial charge in [-0.3, -0.25) is 9.59 Å². The molecule has 0 saturated heterocycles. The van der Waals surface area contributed by atoms with Gasteiger partial charge in [-0.1, -0.05) is 35.4 Å². The zero-order valence-corrected chi connectivity index (χ0v) is 11.5. The second-order valence-corrected chi connectivity index (χ2v) is 4.93. The molecular weight excluding hydrogens is 260 g/mol. The van der Waals surface area contributed by atoms with Crippen molar-refractivity contribution in [3.8, 4) is 0 Å². The minimum atomic E-state index is -0.179. The largest absolute Gasteiger partial charge is 0.298 e. The number of hydrogen-bond acceptors (Lipinski definition) is 2. The van der Waals surface area contributed by atoms with Crippen LogP contribution in [0, 0.1) is 13.8 Å². The Kier molecular flexibility index (Phi) is 3.82. The molecule has 0 fully saturated rings. The van der Waals surface area contributed by atoms with Crippen molar-refractivity contribution in [1.82, 2.24) is 0 Å². The summed E-state index contributed by atoms with van der Waals surface area (Å²) in [5, 5.41) is 0.443. The first-order chi connectivity index (χ1) is 9.02. The summed E-state index contributed by atoms with van der Waals surface area (Å²) in [6, 6.07) is 10.3. The van der Waals surface area contributed by atoms with Crippen molar-refractivity contribution in [2.45, 2.75) is 13.8 Å². The van der Waals surface area contributed by atoms with E-state index in [1.807, 2.05) is 26.0 Å². The van der Waals surface area contributed by atoms with Crippen LogP contribution in [0.2, 0.25) is 5.02 Å². The molecule has 0 atom stereocenters. The molecule has 2 aromatic rings. The van der Waals surface area contributed by atoms with Crippen molar-refractivity contribution in [3.05, 3.63) is 69.2 Å². The molecule has 2 aromatic carbocycles. The molecule has 0 aliphatic heterocycles. The summed E-state index contributed by atoms with van der Waals surface area (Å²) in [7, 11) is 0. The fourth-order valence-corrected chi connectivity index (χ4v) is 2.21. The second kappa shape index (κ2) is 5.37. The number of benzene rings is 2. The van der Waals surface area contributed by atoms with Crippen molar-refractivity contribution >= 4 is 23.7 Å². The van der Waals surface area contributed by atoms with Gasteiger partial charge in [0.25, 0.3) is 0 Å². The van der Waals surface area contributed by atoms with Crippen molar-refractivity contribution in [2.75, 3.05) is 0 Å². The Morgan fingerprint density at radius 3 is 2.42 bits per heavy atom. The zero-order chi connectivity index (χ0) is 14.0. The second-order valence-electron chi connectivity index (χ2n) is 4.50. The van der Waals surface area contributed by atoms with Crippen LogP contribution in [0.3, 0.4) is 0 Å². The molecule has 0 bridgehead atoms. The van der Waals surface area contributed by atoms with Crippen LogP contribution in [-0.2, 0) is 0 Å². The Bertz CT molecular complexity index is 660. The molecule has 0 aromatic heterocycles. The monoisotopic (exact) mass is 272 g/mol. The van der Waals surface area contributed by atoms with E-state index < -0.39 is 0 Å². The van der Waals surface area contributed by atoms with Gasteiger partial charge >= 0.3 is 0 Å². The first-order valence-electron chi connectivity index (χ1n) is 5.89. The number of rotatable bonds is 3. The van der Waals surface area contributed by atoms with Crippen LogP contribution >= 0.6 is 11.6 Å². The zero-order valence-electron chi connectivity index (χ0n) is 10.7. The maximum Gasteiger partial charge on any atom is 0.194 e. The van der Waals surface area contributed by atoms with Gasteiger partial charge in [0.2, 0.25) is 0 Å². The highest BCUT2D eigenvalue weighted by Gasteiger charge is 2.15. The van der Waals surface area contributed by atoms with Crippen LogP contribution in [0.4, 0.5) is 0 Å². The van der Waals surface area contributed by atoms with Crippen LogP contribution < -0.4 is 0 Å². The number of aldehydes is 1. The Balaban J connectivity index is 2.55. The van der Waals surface area contributed by atoms with Crippen molar-refractivity contribution in [2.24, 2.45) is 0 Å². The van der Waals surface area contributed by atoms with Crippen molar-refractivity contribution in [1.29, 1.82) is 0 Å². The lowest BCUT2D eigenvalue weighted by atomic mass is 9.95. The molecule has 0 N–H and O–H groups in total. The smallest absolute Gasteiger partial charge is 0.194 e. The Morgan fingerprint density at radius 2 is 1.79 bits per heavy atom. The lowest BCUT2D eigenvalue weighted by Crippen LogP contribution is -2.07. The first kappa shape index (κ1) is 13.5. The van der Waals surface area contributed by atoms with Gasteiger partial charge in [0.1, 0.15) is 0 Å². The van der Waals surface area contributed by atoms with Gasteiger partial charge < -0.3 is 0 Å². The number of aryl methyl sites for hydroxylation is 2. The topological polar surface area (TPSA) is 34.1 Å². The van der Waals surface area contributed by atoms with Gasteiger partial charge in [-0.25, -0.2) is 0 Å². The van der Waals surface area contributed by atoms with Crippen molar-refractivity contribution in [3.63, 3.8) is 0 Å². The van der Waals surface area contributed by atoms with E-state index in [-0.39, 0.29) is 5.78 Å². The SMILES string of the molecule is Cc1ccc(C(=O)c2cc(Cl)ccc2C=O)c(C)c1. The standard InChI is InChI=1S/C16H13ClO2/c1-10-3-6-14(11(2)7-10)16(19)15-8-13(17)5-4-12(15)9-18/h3-9H,1-2H3. The molecule has 0 spiro atoms. The van der Waals surface area contributed by atoms with Gasteiger partial charge in [0, 0.05) is 21.7 Å². The Labute approximate surface area is 117 Å². The van der Waals surface area contributed by atoms with E-state index in [0.29, 0.717) is 28.0 Å². The van der Waals surface area contributed by atoms with Crippen molar-refractivity contribution < 1.29 is 9.59 Å². The molecule has 2 rings (SSSR count). The average molecular weight is 273 g/mol. The predicted octanol–water partition coefficient (Wildman–Crippen LogP) is 4.00. The van der Waals surface area contributed by atoms with E-state index in [9.17, 15) is 9.59 Å². The molecule has 3 heteroatoms. The third kappa shape index (κ3) is 2.74. The fourth-order valence-electron chi connectivity index (χ4n) is 2.04. The molecule has 0 amide bonds. The number of halogens is 1. The summed E-state index contributed by atoms with van der Waals surface area (Å²) in [5.74, 6) is -0.179. The third-order valence-electron chi connectivity index (χ3n) is 3.01. The van der Waals surface area contributed by atoms with Gasteiger partial charge in [0.05, 0.1) is 0 Å². The van der Waals surface area contributed by atoms with Crippen LogP contribution in [0.5, 0.6) is 0 Å². The fraction of sp³-hybridized carbons (Fsp3) is 0.125. The highest BCUT2D eigenvalue weighted by molar-refractivity contribution is 6.31. The summed E-state index contributed by atoms with van der Waals surface area (Å²) < 4.78 is 0. The quantitative estimate of drug-likeness (QED) is 0.625. The van der Waals surface area contributed by atoms with Crippen LogP contribution in [0.15, 0.2) is 36.4 Å². The van der Waals surface area contributed by atoms with Crippen LogP contribution in [0.25, 0.3) is 0 Å². The van der Waals surface area contributed by atoms with E-state index in [4.69, 9.17) is 11.6 Å². The summed E-state index contributed by atoms with van der Waals surface area (Å²) in [4.78, 5) is 23.5. The van der Waals surface area contributed by atoms with Gasteiger partial charge in [-0.05, 0) is 37.6 Å². The molecule has 0 aliphatic carbocycles. The van der Waals surface area contributed by atoms with Gasteiger partial charge in [-0.2, -0.15) is 0 Å². The predicted molar refractivity (Wildman–Crippen MR) is 76.2 cm³/mol. The number of carbonyl (C=O) groups is 2. The van der Waals surface area contributed by atoms with E-state index in [1.165, 1.54) is 6.07 Å². The highest BCUT2D eigenvalue weighted by Crippen LogP contribution is 2.21. The summed E-state index contributed by atoms with van der Waals surface area (Å²) in [5.41, 5.74) is 3.28.